The highest BCUT2D eigenvalue weighted by Crippen LogP contribution is 2.27. The van der Waals surface area contributed by atoms with E-state index in [-0.39, 0.29) is 5.75 Å². The van der Waals surface area contributed by atoms with Crippen LogP contribution in [0.4, 0.5) is 18.9 Å². The molecule has 5 nitrogen and oxygen atoms in total. The van der Waals surface area contributed by atoms with Crippen molar-refractivity contribution < 1.29 is 22.8 Å². The molecule has 0 saturated heterocycles. The monoisotopic (exact) mass is 256 g/mol. The van der Waals surface area contributed by atoms with Gasteiger partial charge in [0.1, 0.15) is 5.75 Å². The maximum atomic E-state index is 11.8. The van der Waals surface area contributed by atoms with E-state index in [1.165, 1.54) is 0 Å². The molecule has 0 N–H and O–H groups in total. The molecular formula is C7H4ClF3N2O3. The van der Waals surface area contributed by atoms with Crippen molar-refractivity contribution in [2.45, 2.75) is 6.18 Å². The Kier molecular flexibility index (Phi) is 3.53. The molecule has 0 atom stereocenters. The van der Waals surface area contributed by atoms with Crippen molar-refractivity contribution >= 4 is 17.3 Å². The van der Waals surface area contributed by atoms with Crippen molar-refractivity contribution in [3.8, 4) is 5.75 Å². The van der Waals surface area contributed by atoms with Crippen LogP contribution in [0.2, 0.25) is 5.15 Å². The molecule has 16 heavy (non-hydrogen) atoms. The fraction of sp³-hybridized carbons (Fsp3) is 0.286. The highest BCUT2D eigenvalue weighted by atomic mass is 35.5. The topological polar surface area (TPSA) is 65.3 Å². The number of rotatable bonds is 3. The summed E-state index contributed by atoms with van der Waals surface area (Å²) in [6, 6.07) is 0.779. The summed E-state index contributed by atoms with van der Waals surface area (Å²) in [5.74, 6) is -0.367. The summed E-state index contributed by atoms with van der Waals surface area (Å²) in [5.41, 5.74) is -0.610. The quantitative estimate of drug-likeness (QED) is 0.474. The van der Waals surface area contributed by atoms with Gasteiger partial charge in [0, 0.05) is 0 Å². The number of nitrogens with zero attached hydrogens (tertiary/aromatic N) is 2. The second-order valence-corrected chi connectivity index (χ2v) is 3.00. The van der Waals surface area contributed by atoms with Gasteiger partial charge in [-0.3, -0.25) is 10.1 Å². The molecule has 0 aliphatic rings. The van der Waals surface area contributed by atoms with Crippen molar-refractivity contribution in [1.29, 1.82) is 0 Å². The SMILES string of the molecule is O=[N+]([O-])c1cc(OCC(F)(F)F)cnc1Cl. The molecule has 0 spiro atoms. The van der Waals surface area contributed by atoms with E-state index >= 15 is 0 Å². The number of hydrogen-bond donors (Lipinski definition) is 0. The Morgan fingerprint density at radius 2 is 2.19 bits per heavy atom. The predicted molar refractivity (Wildman–Crippen MR) is 47.5 cm³/mol. The van der Waals surface area contributed by atoms with Crippen molar-refractivity contribution in [2.75, 3.05) is 6.61 Å². The van der Waals surface area contributed by atoms with E-state index in [0.717, 1.165) is 12.3 Å². The fourth-order valence-corrected chi connectivity index (χ4v) is 0.962. The van der Waals surface area contributed by atoms with E-state index in [9.17, 15) is 23.3 Å². The number of pyridine rings is 1. The summed E-state index contributed by atoms with van der Waals surface area (Å²) in [5, 5.41) is 9.97. The van der Waals surface area contributed by atoms with Gasteiger partial charge in [-0.15, -0.1) is 0 Å². The molecular weight excluding hydrogens is 253 g/mol. The van der Waals surface area contributed by atoms with E-state index in [0.29, 0.717) is 0 Å². The Bertz CT molecular complexity index is 410. The first-order chi connectivity index (χ1) is 7.29. The van der Waals surface area contributed by atoms with Crippen LogP contribution in [0.25, 0.3) is 0 Å². The minimum atomic E-state index is -4.52. The molecule has 0 radical (unpaired) electrons. The van der Waals surface area contributed by atoms with Crippen LogP contribution >= 0.6 is 11.6 Å². The average molecular weight is 257 g/mol. The van der Waals surface area contributed by atoms with Gasteiger partial charge >= 0.3 is 11.9 Å². The summed E-state index contributed by atoms with van der Waals surface area (Å²) < 4.78 is 39.6. The molecule has 1 aromatic heterocycles. The lowest BCUT2D eigenvalue weighted by molar-refractivity contribution is -0.385. The zero-order valence-electron chi connectivity index (χ0n) is 7.49. The van der Waals surface area contributed by atoms with E-state index in [2.05, 4.69) is 9.72 Å². The summed E-state index contributed by atoms with van der Waals surface area (Å²) >= 11 is 5.35. The van der Waals surface area contributed by atoms with Crippen LogP contribution in [0, 0.1) is 10.1 Å². The Morgan fingerprint density at radius 3 is 2.69 bits per heavy atom. The summed E-state index contributed by atoms with van der Waals surface area (Å²) in [7, 11) is 0. The lowest BCUT2D eigenvalue weighted by Crippen LogP contribution is -2.19. The van der Waals surface area contributed by atoms with Crippen LogP contribution in [0.3, 0.4) is 0 Å². The average Bonchev–Trinajstić information content (AvgIpc) is 2.14. The maximum Gasteiger partial charge on any atom is 0.422 e. The molecule has 0 aromatic carbocycles. The lowest BCUT2D eigenvalue weighted by atomic mass is 10.4. The molecule has 0 fully saturated rings. The zero-order valence-corrected chi connectivity index (χ0v) is 8.25. The molecule has 0 aliphatic carbocycles. The number of halogens is 4. The number of hydrogen-bond acceptors (Lipinski definition) is 4. The van der Waals surface area contributed by atoms with Crippen LogP contribution in [0.15, 0.2) is 12.3 Å². The molecule has 0 saturated carbocycles. The Labute approximate surface area is 91.9 Å². The second-order valence-electron chi connectivity index (χ2n) is 2.64. The highest BCUT2D eigenvalue weighted by Gasteiger charge is 2.29. The summed E-state index contributed by atoms with van der Waals surface area (Å²) in [6.45, 7) is -1.55. The van der Waals surface area contributed by atoms with E-state index < -0.39 is 28.5 Å². The van der Waals surface area contributed by atoms with Gasteiger partial charge in [0.2, 0.25) is 5.15 Å². The van der Waals surface area contributed by atoms with Crippen LogP contribution in [-0.4, -0.2) is 22.7 Å². The molecule has 1 aromatic rings. The third-order valence-corrected chi connectivity index (χ3v) is 1.69. The third kappa shape index (κ3) is 3.54. The van der Waals surface area contributed by atoms with Gasteiger partial charge in [0.15, 0.2) is 6.61 Å². The third-order valence-electron chi connectivity index (χ3n) is 1.39. The molecule has 0 unspecified atom stereocenters. The van der Waals surface area contributed by atoms with Crippen molar-refractivity contribution in [2.24, 2.45) is 0 Å². The van der Waals surface area contributed by atoms with E-state index in [4.69, 9.17) is 11.6 Å². The maximum absolute atomic E-state index is 11.8. The molecule has 1 heterocycles. The fourth-order valence-electron chi connectivity index (χ4n) is 0.790. The van der Waals surface area contributed by atoms with Gasteiger partial charge in [-0.05, 0) is 0 Å². The van der Waals surface area contributed by atoms with Gasteiger partial charge in [-0.2, -0.15) is 13.2 Å². The predicted octanol–water partition coefficient (Wildman–Crippen LogP) is 2.58. The normalized spacial score (nSPS) is 11.2. The first-order valence-corrected chi connectivity index (χ1v) is 4.17. The van der Waals surface area contributed by atoms with Crippen LogP contribution in [0.5, 0.6) is 5.75 Å². The Morgan fingerprint density at radius 1 is 1.56 bits per heavy atom. The van der Waals surface area contributed by atoms with Gasteiger partial charge in [0.05, 0.1) is 17.2 Å². The standard InChI is InChI=1S/C7H4ClF3N2O3/c8-6-5(13(14)15)1-4(2-12-6)16-3-7(9,10)11/h1-2H,3H2. The van der Waals surface area contributed by atoms with Crippen LogP contribution in [-0.2, 0) is 0 Å². The first-order valence-electron chi connectivity index (χ1n) is 3.79. The highest BCUT2D eigenvalue weighted by molar-refractivity contribution is 6.31. The lowest BCUT2D eigenvalue weighted by Gasteiger charge is -2.08. The molecule has 1 rings (SSSR count). The van der Waals surface area contributed by atoms with E-state index in [1.54, 1.807) is 0 Å². The Balaban J connectivity index is 2.83. The minimum Gasteiger partial charge on any atom is -0.482 e. The van der Waals surface area contributed by atoms with Gasteiger partial charge in [-0.25, -0.2) is 4.98 Å². The van der Waals surface area contributed by atoms with Crippen LogP contribution < -0.4 is 4.74 Å². The van der Waals surface area contributed by atoms with Gasteiger partial charge in [-0.1, -0.05) is 11.6 Å². The number of ether oxygens (including phenoxy) is 1. The largest absolute Gasteiger partial charge is 0.482 e. The van der Waals surface area contributed by atoms with Crippen molar-refractivity contribution in [1.82, 2.24) is 4.98 Å². The number of alkyl halides is 3. The molecule has 88 valence electrons. The molecule has 0 amide bonds. The Hall–Kier alpha value is -1.57. The first kappa shape index (κ1) is 12.5. The molecule has 0 bridgehead atoms. The summed E-state index contributed by atoms with van der Waals surface area (Å²) in [6.07, 6.45) is -3.64. The smallest absolute Gasteiger partial charge is 0.422 e. The summed E-state index contributed by atoms with van der Waals surface area (Å²) in [4.78, 5) is 12.8. The minimum absolute atomic E-state index is 0.367. The van der Waals surface area contributed by atoms with Crippen LogP contribution in [0.1, 0.15) is 0 Å². The van der Waals surface area contributed by atoms with E-state index in [1.807, 2.05) is 0 Å². The number of nitro groups is 1. The van der Waals surface area contributed by atoms with Crippen molar-refractivity contribution in [3.05, 3.63) is 27.5 Å². The molecule has 0 aliphatic heterocycles. The molecule has 9 heteroatoms. The van der Waals surface area contributed by atoms with Gasteiger partial charge < -0.3 is 4.74 Å². The van der Waals surface area contributed by atoms with Gasteiger partial charge in [0.25, 0.3) is 0 Å². The second kappa shape index (κ2) is 4.52. The zero-order chi connectivity index (χ0) is 12.3. The van der Waals surface area contributed by atoms with Crippen molar-refractivity contribution in [3.63, 3.8) is 0 Å². The number of aromatic nitrogens is 1.